The highest BCUT2D eigenvalue weighted by Crippen LogP contribution is 2.24. The first-order valence-corrected chi connectivity index (χ1v) is 7.72. The first kappa shape index (κ1) is 14.7. The number of rotatable bonds is 5. The fourth-order valence-corrected chi connectivity index (χ4v) is 2.87. The molecule has 3 heteroatoms. The molecule has 0 radical (unpaired) electrons. The molecule has 0 aliphatic rings. The van der Waals surface area contributed by atoms with Gasteiger partial charge in [-0.25, -0.2) is 0 Å². The van der Waals surface area contributed by atoms with Gasteiger partial charge in [0, 0.05) is 24.0 Å². The van der Waals surface area contributed by atoms with E-state index in [0.29, 0.717) is 13.2 Å². The van der Waals surface area contributed by atoms with Gasteiger partial charge < -0.3 is 15.0 Å². The quantitative estimate of drug-likeness (QED) is 0.772. The molecule has 2 N–H and O–H groups in total. The zero-order valence-corrected chi connectivity index (χ0v) is 13.2. The summed E-state index contributed by atoms with van der Waals surface area (Å²) in [4.78, 5) is 0. The lowest BCUT2D eigenvalue weighted by Crippen LogP contribution is -2.05. The molecule has 1 aromatic heterocycles. The highest BCUT2D eigenvalue weighted by atomic mass is 16.5. The van der Waals surface area contributed by atoms with Gasteiger partial charge in [0.25, 0.3) is 0 Å². The summed E-state index contributed by atoms with van der Waals surface area (Å²) in [6.07, 6.45) is 0. The van der Waals surface area contributed by atoms with E-state index in [4.69, 9.17) is 10.5 Å². The van der Waals surface area contributed by atoms with Gasteiger partial charge >= 0.3 is 0 Å². The molecule has 0 atom stereocenters. The Labute approximate surface area is 131 Å². The molecule has 0 aliphatic heterocycles. The highest BCUT2D eigenvalue weighted by molar-refractivity contribution is 5.82. The number of para-hydroxylation sites is 1. The topological polar surface area (TPSA) is 40.2 Å². The minimum absolute atomic E-state index is 0.572. The summed E-state index contributed by atoms with van der Waals surface area (Å²) in [5.41, 5.74) is 10.5. The van der Waals surface area contributed by atoms with Gasteiger partial charge in [0.1, 0.15) is 12.4 Å². The van der Waals surface area contributed by atoms with Gasteiger partial charge in [0.15, 0.2) is 0 Å². The van der Waals surface area contributed by atoms with Crippen molar-refractivity contribution in [1.29, 1.82) is 0 Å². The first-order valence-electron chi connectivity index (χ1n) is 7.72. The number of benzene rings is 2. The Kier molecular flexibility index (Phi) is 4.16. The minimum Gasteiger partial charge on any atom is -0.487 e. The SMILES string of the molecule is CCn1c(COc2ccccc2C)cc2cc(CN)ccc21. The Balaban J connectivity index is 1.91. The zero-order valence-electron chi connectivity index (χ0n) is 13.2. The first-order chi connectivity index (χ1) is 10.7. The number of nitrogens with zero attached hydrogens (tertiary/aromatic N) is 1. The molecular weight excluding hydrogens is 272 g/mol. The Bertz CT molecular complexity index is 789. The van der Waals surface area contributed by atoms with Gasteiger partial charge in [-0.3, -0.25) is 0 Å². The third-order valence-corrected chi connectivity index (χ3v) is 4.07. The van der Waals surface area contributed by atoms with Crippen LogP contribution < -0.4 is 10.5 Å². The molecule has 0 spiro atoms. The van der Waals surface area contributed by atoms with Gasteiger partial charge in [-0.15, -0.1) is 0 Å². The zero-order chi connectivity index (χ0) is 15.5. The fraction of sp³-hybridized carbons (Fsp3) is 0.263. The normalized spacial score (nSPS) is 11.0. The average molecular weight is 294 g/mol. The Morgan fingerprint density at radius 3 is 2.64 bits per heavy atom. The van der Waals surface area contributed by atoms with E-state index >= 15 is 0 Å². The molecule has 3 rings (SSSR count). The monoisotopic (exact) mass is 294 g/mol. The fourth-order valence-electron chi connectivity index (χ4n) is 2.87. The van der Waals surface area contributed by atoms with Crippen molar-refractivity contribution in [3.63, 3.8) is 0 Å². The predicted molar refractivity (Wildman–Crippen MR) is 91.0 cm³/mol. The number of nitrogens with two attached hydrogens (primary N) is 1. The molecule has 0 amide bonds. The van der Waals surface area contributed by atoms with Crippen LogP contribution in [0.3, 0.4) is 0 Å². The van der Waals surface area contributed by atoms with E-state index in [9.17, 15) is 0 Å². The number of ether oxygens (including phenoxy) is 1. The van der Waals surface area contributed by atoms with Crippen molar-refractivity contribution in [2.75, 3.05) is 0 Å². The van der Waals surface area contributed by atoms with Crippen LogP contribution in [0.25, 0.3) is 10.9 Å². The van der Waals surface area contributed by atoms with Gasteiger partial charge in [-0.1, -0.05) is 24.3 Å². The summed E-state index contributed by atoms with van der Waals surface area (Å²) in [5.74, 6) is 0.943. The molecular formula is C19H22N2O. The summed E-state index contributed by atoms with van der Waals surface area (Å²) in [6.45, 7) is 6.30. The van der Waals surface area contributed by atoms with Crippen molar-refractivity contribution in [2.24, 2.45) is 5.73 Å². The molecule has 0 saturated heterocycles. The van der Waals surface area contributed by atoms with Crippen molar-refractivity contribution in [3.05, 3.63) is 65.4 Å². The van der Waals surface area contributed by atoms with Crippen LogP contribution in [-0.4, -0.2) is 4.57 Å². The lowest BCUT2D eigenvalue weighted by molar-refractivity contribution is 0.294. The van der Waals surface area contributed by atoms with E-state index in [1.807, 2.05) is 18.2 Å². The minimum atomic E-state index is 0.572. The van der Waals surface area contributed by atoms with E-state index < -0.39 is 0 Å². The number of aromatic nitrogens is 1. The molecule has 3 aromatic rings. The number of fused-ring (bicyclic) bond motifs is 1. The van der Waals surface area contributed by atoms with Crippen molar-refractivity contribution in [3.8, 4) is 5.75 Å². The van der Waals surface area contributed by atoms with Gasteiger partial charge in [-0.05, 0) is 49.2 Å². The molecule has 114 valence electrons. The largest absolute Gasteiger partial charge is 0.487 e. The van der Waals surface area contributed by atoms with Crippen LogP contribution in [0.4, 0.5) is 0 Å². The maximum Gasteiger partial charge on any atom is 0.128 e. The summed E-state index contributed by atoms with van der Waals surface area (Å²) in [7, 11) is 0. The third kappa shape index (κ3) is 2.72. The molecule has 0 bridgehead atoms. The molecule has 0 aliphatic carbocycles. The molecule has 0 fully saturated rings. The van der Waals surface area contributed by atoms with E-state index in [0.717, 1.165) is 23.4 Å². The van der Waals surface area contributed by atoms with E-state index in [1.165, 1.54) is 16.6 Å². The van der Waals surface area contributed by atoms with Crippen LogP contribution >= 0.6 is 0 Å². The van der Waals surface area contributed by atoms with E-state index in [2.05, 4.69) is 48.7 Å². The Hall–Kier alpha value is -2.26. The predicted octanol–water partition coefficient (Wildman–Crippen LogP) is 4.01. The molecule has 3 nitrogen and oxygen atoms in total. The third-order valence-electron chi connectivity index (χ3n) is 4.07. The molecule has 2 aromatic carbocycles. The molecule has 0 saturated carbocycles. The standard InChI is InChI=1S/C19H22N2O/c1-3-21-17(13-22-19-7-5-4-6-14(19)2)11-16-10-15(12-20)8-9-18(16)21/h4-11H,3,12-13,20H2,1-2H3. The average Bonchev–Trinajstić information content (AvgIpc) is 2.90. The number of aryl methyl sites for hydroxylation is 2. The summed E-state index contributed by atoms with van der Waals surface area (Å²) in [5, 5.41) is 1.23. The van der Waals surface area contributed by atoms with Crippen molar-refractivity contribution >= 4 is 10.9 Å². The maximum absolute atomic E-state index is 6.01. The van der Waals surface area contributed by atoms with Crippen molar-refractivity contribution in [2.45, 2.75) is 33.5 Å². The Morgan fingerprint density at radius 1 is 1.09 bits per heavy atom. The lowest BCUT2D eigenvalue weighted by atomic mass is 10.1. The smallest absolute Gasteiger partial charge is 0.128 e. The van der Waals surface area contributed by atoms with Crippen molar-refractivity contribution < 1.29 is 4.74 Å². The van der Waals surface area contributed by atoms with Crippen LogP contribution in [0.1, 0.15) is 23.7 Å². The second kappa shape index (κ2) is 6.24. The van der Waals surface area contributed by atoms with Gasteiger partial charge in [-0.2, -0.15) is 0 Å². The second-order valence-corrected chi connectivity index (χ2v) is 5.53. The summed E-state index contributed by atoms with van der Waals surface area (Å²) >= 11 is 0. The molecule has 22 heavy (non-hydrogen) atoms. The Morgan fingerprint density at radius 2 is 1.91 bits per heavy atom. The van der Waals surface area contributed by atoms with Crippen LogP contribution in [0.15, 0.2) is 48.5 Å². The van der Waals surface area contributed by atoms with Gasteiger partial charge in [0.2, 0.25) is 0 Å². The van der Waals surface area contributed by atoms with E-state index in [-0.39, 0.29) is 0 Å². The summed E-state index contributed by atoms with van der Waals surface area (Å²) < 4.78 is 8.31. The lowest BCUT2D eigenvalue weighted by Gasteiger charge is -2.11. The maximum atomic E-state index is 6.01. The van der Waals surface area contributed by atoms with Gasteiger partial charge in [0.05, 0.1) is 5.69 Å². The van der Waals surface area contributed by atoms with Crippen molar-refractivity contribution in [1.82, 2.24) is 4.57 Å². The highest BCUT2D eigenvalue weighted by Gasteiger charge is 2.09. The molecule has 0 unspecified atom stereocenters. The number of hydrogen-bond donors (Lipinski definition) is 1. The van der Waals surface area contributed by atoms with E-state index in [1.54, 1.807) is 0 Å². The van der Waals surface area contributed by atoms with Crippen LogP contribution in [0.2, 0.25) is 0 Å². The summed E-state index contributed by atoms with van der Waals surface area (Å²) in [6, 6.07) is 16.7. The number of hydrogen-bond acceptors (Lipinski definition) is 2. The second-order valence-electron chi connectivity index (χ2n) is 5.53. The molecule has 1 heterocycles. The van der Waals surface area contributed by atoms with Crippen LogP contribution in [-0.2, 0) is 19.7 Å². The van der Waals surface area contributed by atoms with Crippen LogP contribution in [0, 0.1) is 6.92 Å². The van der Waals surface area contributed by atoms with Crippen LogP contribution in [0.5, 0.6) is 5.75 Å².